The van der Waals surface area contributed by atoms with E-state index in [-0.39, 0.29) is 30.0 Å². The Labute approximate surface area is 224 Å². The summed E-state index contributed by atoms with van der Waals surface area (Å²) in [7, 11) is 0. The Morgan fingerprint density at radius 2 is 1.90 bits per heavy atom. The minimum Gasteiger partial charge on any atom is -0.387 e. The first-order chi connectivity index (χ1) is 18.6. The summed E-state index contributed by atoms with van der Waals surface area (Å²) in [5.41, 5.74) is 0.433. The maximum atomic E-state index is 15.0. The second kappa shape index (κ2) is 11.3. The van der Waals surface area contributed by atoms with Crippen molar-refractivity contribution in [2.45, 2.75) is 56.3 Å². The summed E-state index contributed by atoms with van der Waals surface area (Å²) < 4.78 is 59.9. The summed E-state index contributed by atoms with van der Waals surface area (Å²) in [6.45, 7) is 4.96. The van der Waals surface area contributed by atoms with Gasteiger partial charge in [0.15, 0.2) is 0 Å². The highest BCUT2D eigenvalue weighted by molar-refractivity contribution is 5.84. The van der Waals surface area contributed by atoms with E-state index in [0.29, 0.717) is 57.6 Å². The van der Waals surface area contributed by atoms with Crippen LogP contribution in [0.15, 0.2) is 24.5 Å². The van der Waals surface area contributed by atoms with E-state index in [9.17, 15) is 23.1 Å². The van der Waals surface area contributed by atoms with E-state index in [1.165, 1.54) is 6.33 Å². The molecule has 39 heavy (non-hydrogen) atoms. The van der Waals surface area contributed by atoms with E-state index < -0.39 is 29.6 Å². The number of nitrogens with one attached hydrogen (secondary N) is 1. The lowest BCUT2D eigenvalue weighted by Crippen LogP contribution is -2.52. The number of halogens is 4. The molecule has 1 aromatic heterocycles. The van der Waals surface area contributed by atoms with E-state index in [4.69, 9.17) is 4.74 Å². The molecule has 0 bridgehead atoms. The molecule has 2 unspecified atom stereocenters. The van der Waals surface area contributed by atoms with Gasteiger partial charge in [0.1, 0.15) is 18.0 Å². The number of aromatic nitrogens is 2. The topological polar surface area (TPSA) is 90.8 Å². The molecule has 3 heterocycles. The summed E-state index contributed by atoms with van der Waals surface area (Å²) in [6.07, 6.45) is -1.79. The number of fused-ring (bicyclic) bond motifs is 1. The molecule has 2 aromatic rings. The van der Waals surface area contributed by atoms with Crippen LogP contribution in [0.1, 0.15) is 66.5 Å². The number of carbonyl (C=O) groups excluding carboxylic acids is 1. The van der Waals surface area contributed by atoms with Gasteiger partial charge in [-0.15, -0.1) is 0 Å². The van der Waals surface area contributed by atoms with Gasteiger partial charge in [0.2, 0.25) is 5.91 Å². The Morgan fingerprint density at radius 1 is 1.18 bits per heavy atom. The third-order valence-corrected chi connectivity index (χ3v) is 8.00. The number of nitrogens with zero attached hydrogens (tertiary/aromatic N) is 4. The van der Waals surface area contributed by atoms with Gasteiger partial charge in [-0.2, -0.15) is 13.2 Å². The van der Waals surface area contributed by atoms with Gasteiger partial charge in [-0.25, -0.2) is 14.4 Å². The third kappa shape index (κ3) is 5.87. The highest BCUT2D eigenvalue weighted by Crippen LogP contribution is 2.43. The van der Waals surface area contributed by atoms with Gasteiger partial charge in [0.05, 0.1) is 23.3 Å². The summed E-state index contributed by atoms with van der Waals surface area (Å²) in [6, 6.07) is 2.46. The highest BCUT2D eigenvalue weighted by atomic mass is 19.4. The monoisotopic (exact) mass is 551 g/mol. The lowest BCUT2D eigenvalue weighted by Gasteiger charge is -2.38. The largest absolute Gasteiger partial charge is 0.416 e. The van der Waals surface area contributed by atoms with Crippen LogP contribution in [0, 0.1) is 5.82 Å². The Morgan fingerprint density at radius 3 is 2.56 bits per heavy atom. The summed E-state index contributed by atoms with van der Waals surface area (Å²) in [5, 5.41) is 13.6. The first-order valence-corrected chi connectivity index (χ1v) is 13.4. The van der Waals surface area contributed by atoms with Crippen LogP contribution in [0.5, 0.6) is 0 Å². The molecule has 0 radical (unpaired) electrons. The molecule has 0 spiro atoms. The molecule has 3 aliphatic rings. The van der Waals surface area contributed by atoms with Gasteiger partial charge in [0.25, 0.3) is 0 Å². The van der Waals surface area contributed by atoms with E-state index in [2.05, 4.69) is 20.2 Å². The summed E-state index contributed by atoms with van der Waals surface area (Å²) in [4.78, 5) is 26.2. The van der Waals surface area contributed by atoms with Gasteiger partial charge in [-0.1, -0.05) is 13.0 Å². The van der Waals surface area contributed by atoms with Crippen molar-refractivity contribution in [1.29, 1.82) is 0 Å². The SMILES string of the molecule is C[C@@H]1CC(O)c2ncnc(N3CCN(C(=O)C(CNC4CCOCC4)c4ccc(C(F)(F)F)cc4F)CC3)c21. The summed E-state index contributed by atoms with van der Waals surface area (Å²) >= 11 is 0. The van der Waals surface area contributed by atoms with Crippen LogP contribution in [0.2, 0.25) is 0 Å². The molecular formula is C27H33F4N5O3. The fourth-order valence-corrected chi connectivity index (χ4v) is 5.82. The molecule has 5 rings (SSSR count). The van der Waals surface area contributed by atoms with Crippen molar-refractivity contribution >= 4 is 11.7 Å². The quantitative estimate of drug-likeness (QED) is 0.532. The van der Waals surface area contributed by atoms with Gasteiger partial charge in [-0.3, -0.25) is 4.79 Å². The van der Waals surface area contributed by atoms with Crippen molar-refractivity contribution < 1.29 is 32.2 Å². The molecule has 212 valence electrons. The standard InChI is InChI=1S/C27H33F4N5O3/c1-16-12-22(37)24-23(16)25(34-15-33-24)35-6-8-36(9-7-35)26(38)20(14-32-18-4-10-39-11-5-18)19-3-2-17(13-21(19)28)27(29,30)31/h2-3,13,15-16,18,20,22,32,37H,4-12,14H2,1H3/t16-,20?,22?/m1/s1. The molecule has 2 N–H and O–H groups in total. The van der Waals surface area contributed by atoms with Crippen molar-refractivity contribution in [3.05, 3.63) is 52.7 Å². The van der Waals surface area contributed by atoms with Crippen LogP contribution in [-0.4, -0.2) is 77.9 Å². The van der Waals surface area contributed by atoms with Crippen molar-refractivity contribution in [2.24, 2.45) is 0 Å². The molecule has 1 aromatic carbocycles. The lowest BCUT2D eigenvalue weighted by molar-refractivity contribution is -0.137. The van der Waals surface area contributed by atoms with E-state index in [1.807, 2.05) is 6.92 Å². The van der Waals surface area contributed by atoms with Crippen molar-refractivity contribution in [1.82, 2.24) is 20.2 Å². The number of hydrogen-bond acceptors (Lipinski definition) is 7. The van der Waals surface area contributed by atoms with Crippen LogP contribution in [0.4, 0.5) is 23.4 Å². The first kappa shape index (κ1) is 27.7. The molecule has 1 aliphatic carbocycles. The van der Waals surface area contributed by atoms with Gasteiger partial charge >= 0.3 is 6.18 Å². The fourth-order valence-electron chi connectivity index (χ4n) is 5.82. The molecule has 12 heteroatoms. The number of alkyl halides is 3. The second-order valence-corrected chi connectivity index (χ2v) is 10.5. The zero-order valence-electron chi connectivity index (χ0n) is 21.8. The number of amides is 1. The number of hydrogen-bond donors (Lipinski definition) is 2. The predicted octanol–water partition coefficient (Wildman–Crippen LogP) is 3.38. The highest BCUT2D eigenvalue weighted by Gasteiger charge is 2.37. The molecule has 2 saturated heterocycles. The van der Waals surface area contributed by atoms with Crippen LogP contribution in [0.25, 0.3) is 0 Å². The number of aliphatic hydroxyl groups is 1. The van der Waals surface area contributed by atoms with Crippen LogP contribution >= 0.6 is 0 Å². The normalized spacial score (nSPS) is 23.1. The molecule has 8 nitrogen and oxygen atoms in total. The number of carbonyl (C=O) groups is 1. The van der Waals surface area contributed by atoms with Crippen molar-refractivity contribution in [3.8, 4) is 0 Å². The Hall–Kier alpha value is -2.83. The number of aliphatic hydroxyl groups excluding tert-OH is 1. The number of benzene rings is 1. The van der Waals surface area contributed by atoms with Crippen molar-refractivity contribution in [3.63, 3.8) is 0 Å². The van der Waals surface area contributed by atoms with Crippen LogP contribution in [0.3, 0.4) is 0 Å². The molecule has 2 aliphatic heterocycles. The van der Waals surface area contributed by atoms with Gasteiger partial charge in [0, 0.05) is 63.1 Å². The minimum absolute atomic E-state index is 0.0496. The van der Waals surface area contributed by atoms with Crippen molar-refractivity contribution in [2.75, 3.05) is 50.8 Å². The lowest BCUT2D eigenvalue weighted by atomic mass is 9.94. The minimum atomic E-state index is -4.68. The summed E-state index contributed by atoms with van der Waals surface area (Å²) in [5.74, 6) is -1.48. The fraction of sp³-hybridized carbons (Fsp3) is 0.593. The maximum absolute atomic E-state index is 15.0. The van der Waals surface area contributed by atoms with Crippen LogP contribution < -0.4 is 10.2 Å². The number of rotatable bonds is 6. The molecule has 0 saturated carbocycles. The number of piperazine rings is 1. The van der Waals surface area contributed by atoms with Gasteiger partial charge < -0.3 is 25.0 Å². The Kier molecular flexibility index (Phi) is 8.06. The zero-order valence-corrected chi connectivity index (χ0v) is 21.8. The maximum Gasteiger partial charge on any atom is 0.416 e. The first-order valence-electron chi connectivity index (χ1n) is 13.4. The Bertz CT molecular complexity index is 1180. The van der Waals surface area contributed by atoms with E-state index in [0.717, 1.165) is 36.4 Å². The predicted molar refractivity (Wildman–Crippen MR) is 135 cm³/mol. The number of ether oxygens (including phenoxy) is 1. The third-order valence-electron chi connectivity index (χ3n) is 8.00. The van der Waals surface area contributed by atoms with Crippen LogP contribution in [-0.2, 0) is 15.7 Å². The van der Waals surface area contributed by atoms with E-state index >= 15 is 4.39 Å². The average molecular weight is 552 g/mol. The molecule has 1 amide bonds. The molecular weight excluding hydrogens is 518 g/mol. The molecule has 3 atom stereocenters. The number of anilines is 1. The average Bonchev–Trinajstić information content (AvgIpc) is 3.22. The second-order valence-electron chi connectivity index (χ2n) is 10.5. The van der Waals surface area contributed by atoms with Gasteiger partial charge in [-0.05, 0) is 37.3 Å². The zero-order chi connectivity index (χ0) is 27.7. The molecule has 2 fully saturated rings. The van der Waals surface area contributed by atoms with E-state index in [1.54, 1.807) is 4.90 Å². The Balaban J connectivity index is 1.32. The smallest absolute Gasteiger partial charge is 0.387 e.